The first-order chi connectivity index (χ1) is 6.10. The Balaban J connectivity index is 2.36. The van der Waals surface area contributed by atoms with E-state index in [4.69, 9.17) is 10.2 Å². The van der Waals surface area contributed by atoms with Crippen molar-refractivity contribution in [3.63, 3.8) is 0 Å². The zero-order valence-corrected chi connectivity index (χ0v) is 7.92. The molecule has 0 aromatic heterocycles. The molecular formula is C9H17NO3. The number of carboxylic acids is 1. The molecule has 1 saturated carbocycles. The van der Waals surface area contributed by atoms with Gasteiger partial charge < -0.3 is 15.5 Å². The summed E-state index contributed by atoms with van der Waals surface area (Å²) < 4.78 is 0. The Bertz CT molecular complexity index is 189. The van der Waals surface area contributed by atoms with Gasteiger partial charge in [-0.3, -0.25) is 4.79 Å². The summed E-state index contributed by atoms with van der Waals surface area (Å²) in [6.07, 6.45) is 2.40. The molecule has 1 atom stereocenters. The fraction of sp³-hybridized carbons (Fsp3) is 0.889. The van der Waals surface area contributed by atoms with Gasteiger partial charge in [0.1, 0.15) is 5.54 Å². The predicted octanol–water partition coefficient (Wildman–Crippen LogP) is 0.212. The summed E-state index contributed by atoms with van der Waals surface area (Å²) in [5, 5.41) is 20.7. The number of carbonyl (C=O) groups is 1. The number of nitrogens with one attached hydrogen (secondary N) is 1. The number of aliphatic carboxylic acids is 1. The Kier molecular flexibility index (Phi) is 3.27. The van der Waals surface area contributed by atoms with Crippen LogP contribution in [0, 0.1) is 5.92 Å². The molecule has 0 radical (unpaired) electrons. The highest BCUT2D eigenvalue weighted by Crippen LogP contribution is 2.31. The van der Waals surface area contributed by atoms with Gasteiger partial charge in [0.25, 0.3) is 0 Å². The molecule has 0 aromatic rings. The van der Waals surface area contributed by atoms with Crippen molar-refractivity contribution >= 4 is 5.97 Å². The average Bonchev–Trinajstić information content (AvgIpc) is 2.01. The van der Waals surface area contributed by atoms with Gasteiger partial charge in [-0.25, -0.2) is 0 Å². The molecule has 1 aliphatic carbocycles. The second-order valence-corrected chi connectivity index (χ2v) is 3.91. The van der Waals surface area contributed by atoms with Gasteiger partial charge in [0.05, 0.1) is 0 Å². The summed E-state index contributed by atoms with van der Waals surface area (Å²) in [5.74, 6) is -0.638. The topological polar surface area (TPSA) is 69.6 Å². The third-order valence-corrected chi connectivity index (χ3v) is 2.72. The second kappa shape index (κ2) is 4.07. The average molecular weight is 187 g/mol. The molecule has 0 aromatic carbocycles. The summed E-state index contributed by atoms with van der Waals surface area (Å²) in [6, 6.07) is 0. The molecule has 76 valence electrons. The minimum Gasteiger partial charge on any atom is -0.480 e. The molecule has 0 spiro atoms. The SMILES string of the molecule is CC(CO)CNC1(C(=O)O)CCC1. The Labute approximate surface area is 78.0 Å². The van der Waals surface area contributed by atoms with E-state index in [1.807, 2.05) is 6.92 Å². The van der Waals surface area contributed by atoms with E-state index in [0.29, 0.717) is 19.4 Å². The second-order valence-electron chi connectivity index (χ2n) is 3.91. The molecule has 0 aliphatic heterocycles. The van der Waals surface area contributed by atoms with Crippen molar-refractivity contribution in [1.82, 2.24) is 5.32 Å². The summed E-state index contributed by atoms with van der Waals surface area (Å²) in [6.45, 7) is 2.56. The Morgan fingerprint density at radius 2 is 2.23 bits per heavy atom. The first-order valence-electron chi connectivity index (χ1n) is 4.70. The van der Waals surface area contributed by atoms with E-state index < -0.39 is 11.5 Å². The normalized spacial score (nSPS) is 22.0. The number of aliphatic hydroxyl groups excluding tert-OH is 1. The minimum absolute atomic E-state index is 0.0999. The molecule has 1 unspecified atom stereocenters. The lowest BCUT2D eigenvalue weighted by atomic mass is 9.76. The van der Waals surface area contributed by atoms with E-state index >= 15 is 0 Å². The van der Waals surface area contributed by atoms with Gasteiger partial charge in [0.2, 0.25) is 0 Å². The van der Waals surface area contributed by atoms with Crippen molar-refractivity contribution in [1.29, 1.82) is 0 Å². The zero-order valence-electron chi connectivity index (χ0n) is 7.92. The highest BCUT2D eigenvalue weighted by Gasteiger charge is 2.43. The van der Waals surface area contributed by atoms with Gasteiger partial charge in [-0.1, -0.05) is 6.92 Å². The first kappa shape index (κ1) is 10.5. The molecule has 1 rings (SSSR count). The largest absolute Gasteiger partial charge is 0.480 e. The maximum Gasteiger partial charge on any atom is 0.323 e. The van der Waals surface area contributed by atoms with Crippen molar-refractivity contribution in [2.24, 2.45) is 5.92 Å². The molecule has 0 amide bonds. The lowest BCUT2D eigenvalue weighted by molar-refractivity contribution is -0.148. The van der Waals surface area contributed by atoms with Crippen molar-refractivity contribution in [2.45, 2.75) is 31.7 Å². The molecule has 3 N–H and O–H groups in total. The van der Waals surface area contributed by atoms with Crippen LogP contribution in [0.4, 0.5) is 0 Å². The van der Waals surface area contributed by atoms with Crippen LogP contribution in [-0.2, 0) is 4.79 Å². The van der Waals surface area contributed by atoms with Crippen LogP contribution < -0.4 is 5.32 Å². The smallest absolute Gasteiger partial charge is 0.323 e. The fourth-order valence-corrected chi connectivity index (χ4v) is 1.43. The Morgan fingerprint density at radius 1 is 1.62 bits per heavy atom. The van der Waals surface area contributed by atoms with E-state index in [0.717, 1.165) is 6.42 Å². The van der Waals surface area contributed by atoms with Crippen molar-refractivity contribution in [3.8, 4) is 0 Å². The number of hydrogen-bond donors (Lipinski definition) is 3. The molecule has 0 heterocycles. The first-order valence-corrected chi connectivity index (χ1v) is 4.70. The van der Waals surface area contributed by atoms with Crippen LogP contribution in [0.25, 0.3) is 0 Å². The molecule has 4 nitrogen and oxygen atoms in total. The Hall–Kier alpha value is -0.610. The van der Waals surface area contributed by atoms with E-state index in [-0.39, 0.29) is 12.5 Å². The van der Waals surface area contributed by atoms with Gasteiger partial charge in [-0.05, 0) is 25.2 Å². The van der Waals surface area contributed by atoms with Crippen LogP contribution in [0.2, 0.25) is 0 Å². The lowest BCUT2D eigenvalue weighted by Crippen LogP contribution is -2.58. The maximum absolute atomic E-state index is 10.9. The van der Waals surface area contributed by atoms with Gasteiger partial charge in [-0.15, -0.1) is 0 Å². The van der Waals surface area contributed by atoms with Gasteiger partial charge in [0, 0.05) is 13.2 Å². The highest BCUT2D eigenvalue weighted by atomic mass is 16.4. The molecule has 13 heavy (non-hydrogen) atoms. The van der Waals surface area contributed by atoms with E-state index in [9.17, 15) is 4.79 Å². The number of carboxylic acid groups (broad SMARTS) is 1. The van der Waals surface area contributed by atoms with Gasteiger partial charge in [0.15, 0.2) is 0 Å². The maximum atomic E-state index is 10.9. The molecule has 4 heteroatoms. The monoisotopic (exact) mass is 187 g/mol. The number of rotatable bonds is 5. The van der Waals surface area contributed by atoms with Crippen LogP contribution in [0.1, 0.15) is 26.2 Å². The van der Waals surface area contributed by atoms with Crippen molar-refractivity contribution in [3.05, 3.63) is 0 Å². The summed E-state index contributed by atoms with van der Waals surface area (Å²) >= 11 is 0. The number of aliphatic hydroxyl groups is 1. The summed E-state index contributed by atoms with van der Waals surface area (Å²) in [5.41, 5.74) is -0.691. The van der Waals surface area contributed by atoms with Crippen LogP contribution >= 0.6 is 0 Å². The summed E-state index contributed by atoms with van der Waals surface area (Å²) in [7, 11) is 0. The molecule has 0 bridgehead atoms. The van der Waals surface area contributed by atoms with Crippen LogP contribution in [-0.4, -0.2) is 34.9 Å². The van der Waals surface area contributed by atoms with E-state index in [2.05, 4.69) is 5.32 Å². The number of hydrogen-bond acceptors (Lipinski definition) is 3. The van der Waals surface area contributed by atoms with Crippen LogP contribution in [0.5, 0.6) is 0 Å². The quantitative estimate of drug-likeness (QED) is 0.575. The Morgan fingerprint density at radius 3 is 2.54 bits per heavy atom. The molecule has 1 fully saturated rings. The van der Waals surface area contributed by atoms with E-state index in [1.165, 1.54) is 0 Å². The molecule has 0 saturated heterocycles. The molecule has 1 aliphatic rings. The minimum atomic E-state index is -0.760. The lowest BCUT2D eigenvalue weighted by Gasteiger charge is -2.39. The standard InChI is InChI=1S/C9H17NO3/c1-7(6-11)5-10-9(8(12)13)3-2-4-9/h7,10-11H,2-6H2,1H3,(H,12,13). The third-order valence-electron chi connectivity index (χ3n) is 2.72. The molecular weight excluding hydrogens is 170 g/mol. The third kappa shape index (κ3) is 2.19. The zero-order chi connectivity index (χ0) is 9.90. The van der Waals surface area contributed by atoms with Crippen molar-refractivity contribution < 1.29 is 15.0 Å². The van der Waals surface area contributed by atoms with E-state index in [1.54, 1.807) is 0 Å². The predicted molar refractivity (Wildman–Crippen MR) is 48.5 cm³/mol. The highest BCUT2D eigenvalue weighted by molar-refractivity contribution is 5.79. The van der Waals surface area contributed by atoms with Crippen LogP contribution in [0.3, 0.4) is 0 Å². The van der Waals surface area contributed by atoms with Gasteiger partial charge in [-0.2, -0.15) is 0 Å². The van der Waals surface area contributed by atoms with Crippen LogP contribution in [0.15, 0.2) is 0 Å². The summed E-state index contributed by atoms with van der Waals surface area (Å²) in [4.78, 5) is 10.9. The van der Waals surface area contributed by atoms with Crippen molar-refractivity contribution in [2.75, 3.05) is 13.2 Å². The fourth-order valence-electron chi connectivity index (χ4n) is 1.43. The van der Waals surface area contributed by atoms with Gasteiger partial charge >= 0.3 is 5.97 Å².